The molecular formula is C15H22N2O3. The highest BCUT2D eigenvalue weighted by molar-refractivity contribution is 5.89. The van der Waals surface area contributed by atoms with Crippen molar-refractivity contribution >= 4 is 17.7 Å². The van der Waals surface area contributed by atoms with E-state index in [2.05, 4.69) is 26.1 Å². The molecule has 0 saturated heterocycles. The molecule has 1 aromatic carbocycles. The van der Waals surface area contributed by atoms with E-state index < -0.39 is 5.97 Å². The lowest BCUT2D eigenvalue weighted by Gasteiger charge is -2.26. The third-order valence-corrected chi connectivity index (χ3v) is 2.62. The van der Waals surface area contributed by atoms with E-state index in [0.29, 0.717) is 17.8 Å². The summed E-state index contributed by atoms with van der Waals surface area (Å²) in [4.78, 5) is 24.2. The van der Waals surface area contributed by atoms with E-state index in [1.54, 1.807) is 36.2 Å². The molecule has 0 fully saturated rings. The molecule has 0 radical (unpaired) electrons. The average molecular weight is 278 g/mol. The Morgan fingerprint density at radius 3 is 2.20 bits per heavy atom. The summed E-state index contributed by atoms with van der Waals surface area (Å²) in [7, 11) is 1.75. The number of nitrogens with zero attached hydrogens (tertiary/aromatic N) is 1. The molecule has 1 aromatic rings. The normalized spacial score (nSPS) is 11.0. The van der Waals surface area contributed by atoms with Gasteiger partial charge in [-0.3, -0.25) is 4.79 Å². The molecule has 0 aliphatic carbocycles. The lowest BCUT2D eigenvalue weighted by Crippen LogP contribution is -2.37. The summed E-state index contributed by atoms with van der Waals surface area (Å²) in [6.07, 6.45) is -0.0157. The number of amides is 2. The van der Waals surface area contributed by atoms with E-state index in [4.69, 9.17) is 5.11 Å². The van der Waals surface area contributed by atoms with Crippen LogP contribution in [0, 0.1) is 5.41 Å². The Labute approximate surface area is 119 Å². The molecular weight excluding hydrogens is 256 g/mol. The smallest absolute Gasteiger partial charge is 0.321 e. The van der Waals surface area contributed by atoms with Gasteiger partial charge in [0.1, 0.15) is 0 Å². The Balaban J connectivity index is 2.60. The summed E-state index contributed by atoms with van der Waals surface area (Å²) in [6.45, 7) is 6.85. The number of urea groups is 1. The molecule has 2 amide bonds. The number of carboxylic acids is 1. The number of rotatable bonds is 4. The summed E-state index contributed by atoms with van der Waals surface area (Å²) in [6, 6.07) is 6.65. The van der Waals surface area contributed by atoms with Crippen molar-refractivity contribution < 1.29 is 14.7 Å². The first kappa shape index (κ1) is 16.0. The Kier molecular flexibility index (Phi) is 5.13. The number of anilines is 1. The molecule has 0 bridgehead atoms. The van der Waals surface area contributed by atoms with Gasteiger partial charge >= 0.3 is 12.0 Å². The summed E-state index contributed by atoms with van der Waals surface area (Å²) < 4.78 is 0. The van der Waals surface area contributed by atoms with Gasteiger partial charge in [0.2, 0.25) is 0 Å². The van der Waals surface area contributed by atoms with Crippen LogP contribution in [-0.4, -0.2) is 35.6 Å². The summed E-state index contributed by atoms with van der Waals surface area (Å²) in [5, 5.41) is 11.5. The Bertz CT molecular complexity index is 475. The Morgan fingerprint density at radius 1 is 1.20 bits per heavy atom. The first-order valence-corrected chi connectivity index (χ1v) is 6.50. The van der Waals surface area contributed by atoms with Gasteiger partial charge in [0.15, 0.2) is 0 Å². The van der Waals surface area contributed by atoms with Crippen molar-refractivity contribution in [1.29, 1.82) is 0 Å². The fraction of sp³-hybridized carbons (Fsp3) is 0.467. The molecule has 2 N–H and O–H groups in total. The number of nitrogens with one attached hydrogen (secondary N) is 1. The van der Waals surface area contributed by atoms with Gasteiger partial charge in [-0.1, -0.05) is 32.9 Å². The number of carbonyl (C=O) groups is 2. The van der Waals surface area contributed by atoms with Crippen molar-refractivity contribution in [2.75, 3.05) is 18.9 Å². The van der Waals surface area contributed by atoms with Gasteiger partial charge in [-0.05, 0) is 23.1 Å². The molecule has 110 valence electrons. The van der Waals surface area contributed by atoms with E-state index in [1.165, 1.54) is 0 Å². The number of benzene rings is 1. The second-order valence-electron chi connectivity index (χ2n) is 6.11. The van der Waals surface area contributed by atoms with Crippen molar-refractivity contribution in [1.82, 2.24) is 4.90 Å². The minimum Gasteiger partial charge on any atom is -0.481 e. The van der Waals surface area contributed by atoms with Gasteiger partial charge < -0.3 is 15.3 Å². The molecule has 0 unspecified atom stereocenters. The quantitative estimate of drug-likeness (QED) is 0.889. The van der Waals surface area contributed by atoms with Crippen LogP contribution in [0.5, 0.6) is 0 Å². The van der Waals surface area contributed by atoms with E-state index in [-0.39, 0.29) is 17.9 Å². The zero-order valence-electron chi connectivity index (χ0n) is 12.4. The van der Waals surface area contributed by atoms with Crippen LogP contribution in [0.15, 0.2) is 24.3 Å². The fourth-order valence-electron chi connectivity index (χ4n) is 1.88. The first-order valence-electron chi connectivity index (χ1n) is 6.50. The topological polar surface area (TPSA) is 69.6 Å². The molecule has 0 aliphatic heterocycles. The summed E-state index contributed by atoms with van der Waals surface area (Å²) in [5.41, 5.74) is 1.40. The van der Waals surface area contributed by atoms with Crippen molar-refractivity contribution in [3.63, 3.8) is 0 Å². The van der Waals surface area contributed by atoms with Crippen LogP contribution in [-0.2, 0) is 11.2 Å². The van der Waals surface area contributed by atoms with Crippen LogP contribution >= 0.6 is 0 Å². The van der Waals surface area contributed by atoms with Crippen molar-refractivity contribution in [3.05, 3.63) is 29.8 Å². The van der Waals surface area contributed by atoms with Crippen LogP contribution in [0.25, 0.3) is 0 Å². The van der Waals surface area contributed by atoms with Crippen LogP contribution < -0.4 is 5.32 Å². The maximum absolute atomic E-state index is 12.0. The van der Waals surface area contributed by atoms with Gasteiger partial charge in [-0.15, -0.1) is 0 Å². The van der Waals surface area contributed by atoms with E-state index >= 15 is 0 Å². The predicted molar refractivity (Wildman–Crippen MR) is 78.9 cm³/mol. The monoisotopic (exact) mass is 278 g/mol. The maximum Gasteiger partial charge on any atom is 0.321 e. The predicted octanol–water partition coefficient (Wildman–Crippen LogP) is 2.82. The zero-order chi connectivity index (χ0) is 15.3. The summed E-state index contributed by atoms with van der Waals surface area (Å²) in [5.74, 6) is -0.869. The lowest BCUT2D eigenvalue weighted by molar-refractivity contribution is -0.136. The molecule has 5 heteroatoms. The molecule has 0 atom stereocenters. The number of carboxylic acid groups (broad SMARTS) is 1. The van der Waals surface area contributed by atoms with Gasteiger partial charge in [0.25, 0.3) is 0 Å². The lowest BCUT2D eigenvalue weighted by atomic mass is 9.96. The van der Waals surface area contributed by atoms with E-state index in [0.717, 1.165) is 0 Å². The fourth-order valence-corrected chi connectivity index (χ4v) is 1.88. The molecule has 0 heterocycles. The molecule has 5 nitrogen and oxygen atoms in total. The van der Waals surface area contributed by atoms with Crippen LogP contribution in [0.3, 0.4) is 0 Å². The molecule has 20 heavy (non-hydrogen) atoms. The van der Waals surface area contributed by atoms with Gasteiger partial charge in [-0.2, -0.15) is 0 Å². The molecule has 0 saturated carbocycles. The van der Waals surface area contributed by atoms with E-state index in [1.807, 2.05) is 0 Å². The standard InChI is InChI=1S/C15H22N2O3/c1-15(2,3)10-17(4)14(20)16-12-7-5-11(6-8-12)9-13(18)19/h5-8H,9-10H2,1-4H3,(H,16,20)(H,18,19). The second kappa shape index (κ2) is 6.41. The van der Waals surface area contributed by atoms with Gasteiger partial charge in [0.05, 0.1) is 6.42 Å². The van der Waals surface area contributed by atoms with Crippen LogP contribution in [0.4, 0.5) is 10.5 Å². The Morgan fingerprint density at radius 2 is 1.75 bits per heavy atom. The minimum absolute atomic E-state index is 0.0157. The van der Waals surface area contributed by atoms with Gasteiger partial charge in [-0.25, -0.2) is 4.79 Å². The average Bonchev–Trinajstić information content (AvgIpc) is 2.28. The third-order valence-electron chi connectivity index (χ3n) is 2.62. The zero-order valence-corrected chi connectivity index (χ0v) is 12.4. The van der Waals surface area contributed by atoms with E-state index in [9.17, 15) is 9.59 Å². The van der Waals surface area contributed by atoms with Crippen molar-refractivity contribution in [2.45, 2.75) is 27.2 Å². The highest BCUT2D eigenvalue weighted by atomic mass is 16.4. The summed E-state index contributed by atoms with van der Waals surface area (Å²) >= 11 is 0. The highest BCUT2D eigenvalue weighted by Gasteiger charge is 2.17. The Hall–Kier alpha value is -2.04. The second-order valence-corrected chi connectivity index (χ2v) is 6.11. The number of hydrogen-bond donors (Lipinski definition) is 2. The minimum atomic E-state index is -0.869. The van der Waals surface area contributed by atoms with Crippen LogP contribution in [0.2, 0.25) is 0 Å². The highest BCUT2D eigenvalue weighted by Crippen LogP contribution is 2.15. The van der Waals surface area contributed by atoms with Gasteiger partial charge in [0, 0.05) is 19.3 Å². The van der Waals surface area contributed by atoms with Crippen LogP contribution in [0.1, 0.15) is 26.3 Å². The SMILES string of the molecule is CN(CC(C)(C)C)C(=O)Nc1ccc(CC(=O)O)cc1. The molecule has 0 aliphatic rings. The molecule has 0 spiro atoms. The molecule has 0 aromatic heterocycles. The maximum atomic E-state index is 12.0. The largest absolute Gasteiger partial charge is 0.481 e. The van der Waals surface area contributed by atoms with Crippen molar-refractivity contribution in [3.8, 4) is 0 Å². The van der Waals surface area contributed by atoms with Crippen molar-refractivity contribution in [2.24, 2.45) is 5.41 Å². The number of aliphatic carboxylic acids is 1. The number of hydrogen-bond acceptors (Lipinski definition) is 2. The number of carbonyl (C=O) groups excluding carboxylic acids is 1. The third kappa shape index (κ3) is 5.73. The molecule has 1 rings (SSSR count). The first-order chi connectivity index (χ1) is 9.17.